The maximum absolute atomic E-state index is 14.2. The number of hydrogen-bond acceptors (Lipinski definition) is 4. The molecule has 0 heterocycles. The Balaban J connectivity index is 2.22. The van der Waals surface area contributed by atoms with Gasteiger partial charge in [0.2, 0.25) is 0 Å². The number of ether oxygens (including phenoxy) is 1. The number of aromatic hydroxyl groups is 1. The van der Waals surface area contributed by atoms with E-state index >= 15 is 0 Å². The average molecular weight is 290 g/mol. The number of alkyl halides is 1. The molecule has 0 spiro atoms. The minimum atomic E-state index is -1.25. The molecular formula is C16H19FN2O2. The summed E-state index contributed by atoms with van der Waals surface area (Å²) in [7, 11) is 1.66. The highest BCUT2D eigenvalue weighted by atomic mass is 19.1. The van der Waals surface area contributed by atoms with Crippen LogP contribution in [0.25, 0.3) is 0 Å². The van der Waals surface area contributed by atoms with Crippen molar-refractivity contribution in [3.05, 3.63) is 59.3 Å². The highest BCUT2D eigenvalue weighted by molar-refractivity contribution is 5.40. The molecule has 0 bridgehead atoms. The summed E-state index contributed by atoms with van der Waals surface area (Å²) in [5.41, 5.74) is 1.83. The fourth-order valence-electron chi connectivity index (χ4n) is 2.12. The molecule has 0 amide bonds. The number of allylic oxidation sites excluding steroid dienone is 4. The van der Waals surface area contributed by atoms with Gasteiger partial charge in [-0.3, -0.25) is 0 Å². The SMILES string of the molecule is Cc1cc(O)ccc1OCC1=C(N(C)N)C=CC=CC1F. The summed E-state index contributed by atoms with van der Waals surface area (Å²) < 4.78 is 19.9. The van der Waals surface area contributed by atoms with Crippen LogP contribution in [0.1, 0.15) is 5.56 Å². The van der Waals surface area contributed by atoms with Crippen molar-refractivity contribution in [1.29, 1.82) is 0 Å². The van der Waals surface area contributed by atoms with Gasteiger partial charge in [-0.1, -0.05) is 12.2 Å². The molecule has 1 atom stereocenters. The van der Waals surface area contributed by atoms with E-state index < -0.39 is 6.17 Å². The van der Waals surface area contributed by atoms with E-state index in [4.69, 9.17) is 10.6 Å². The molecule has 0 saturated carbocycles. The van der Waals surface area contributed by atoms with Crippen molar-refractivity contribution >= 4 is 0 Å². The van der Waals surface area contributed by atoms with Crippen molar-refractivity contribution in [3.63, 3.8) is 0 Å². The van der Waals surface area contributed by atoms with Crippen LogP contribution in [0.15, 0.2) is 53.8 Å². The first kappa shape index (κ1) is 15.1. The lowest BCUT2D eigenvalue weighted by Gasteiger charge is -2.20. The summed E-state index contributed by atoms with van der Waals surface area (Å²) in [5.74, 6) is 6.52. The quantitative estimate of drug-likeness (QED) is 0.661. The van der Waals surface area contributed by atoms with Gasteiger partial charge in [0.1, 0.15) is 24.3 Å². The van der Waals surface area contributed by atoms with Gasteiger partial charge in [0.05, 0.1) is 5.70 Å². The number of benzene rings is 1. The Morgan fingerprint density at radius 3 is 2.81 bits per heavy atom. The summed E-state index contributed by atoms with van der Waals surface area (Å²) in [4.78, 5) is 0. The number of likely N-dealkylation sites (N-methyl/N-ethyl adjacent to an activating group) is 1. The lowest BCUT2D eigenvalue weighted by Crippen LogP contribution is -2.28. The normalized spacial score (nSPS) is 17.8. The van der Waals surface area contributed by atoms with Crippen LogP contribution in [0.5, 0.6) is 11.5 Å². The molecule has 0 radical (unpaired) electrons. The van der Waals surface area contributed by atoms with Crippen LogP contribution in [-0.2, 0) is 0 Å². The van der Waals surface area contributed by atoms with Crippen LogP contribution in [0.2, 0.25) is 0 Å². The smallest absolute Gasteiger partial charge is 0.145 e. The van der Waals surface area contributed by atoms with Crippen molar-refractivity contribution in [3.8, 4) is 11.5 Å². The molecule has 0 fully saturated rings. The summed E-state index contributed by atoms with van der Waals surface area (Å²) in [5, 5.41) is 10.8. The number of nitrogens with two attached hydrogens (primary N) is 1. The molecule has 1 aliphatic carbocycles. The van der Waals surface area contributed by atoms with Gasteiger partial charge in [0.25, 0.3) is 0 Å². The number of phenols is 1. The molecule has 0 aromatic heterocycles. The molecule has 1 aliphatic rings. The van der Waals surface area contributed by atoms with Gasteiger partial charge in [-0.05, 0) is 42.8 Å². The number of aryl methyl sites for hydroxylation is 1. The predicted octanol–water partition coefficient (Wildman–Crippen LogP) is 2.60. The minimum absolute atomic E-state index is 0.0817. The summed E-state index contributed by atoms with van der Waals surface area (Å²) in [6.45, 7) is 1.90. The fourth-order valence-corrected chi connectivity index (χ4v) is 2.12. The first-order valence-electron chi connectivity index (χ1n) is 6.62. The Labute approximate surface area is 123 Å². The van der Waals surface area contributed by atoms with Crippen LogP contribution in [0.3, 0.4) is 0 Å². The third-order valence-corrected chi connectivity index (χ3v) is 3.23. The number of hydrogen-bond donors (Lipinski definition) is 2. The Morgan fingerprint density at radius 1 is 1.38 bits per heavy atom. The van der Waals surface area contributed by atoms with Gasteiger partial charge in [-0.2, -0.15) is 0 Å². The van der Waals surface area contributed by atoms with Crippen LogP contribution in [0.4, 0.5) is 4.39 Å². The maximum atomic E-state index is 14.2. The molecule has 0 aliphatic heterocycles. The monoisotopic (exact) mass is 290 g/mol. The van der Waals surface area contributed by atoms with E-state index in [-0.39, 0.29) is 12.4 Å². The zero-order valence-electron chi connectivity index (χ0n) is 12.1. The van der Waals surface area contributed by atoms with E-state index in [1.54, 1.807) is 37.4 Å². The molecule has 0 saturated heterocycles. The zero-order chi connectivity index (χ0) is 15.4. The number of nitrogens with zero attached hydrogens (tertiary/aromatic N) is 1. The molecule has 3 N–H and O–H groups in total. The second-order valence-corrected chi connectivity index (χ2v) is 4.91. The Hall–Kier alpha value is -2.27. The van der Waals surface area contributed by atoms with E-state index in [9.17, 15) is 9.50 Å². The Bertz CT molecular complexity index is 606. The maximum Gasteiger partial charge on any atom is 0.145 e. The van der Waals surface area contributed by atoms with Crippen LogP contribution >= 0.6 is 0 Å². The third kappa shape index (κ3) is 3.64. The van der Waals surface area contributed by atoms with E-state index in [1.807, 2.05) is 6.92 Å². The van der Waals surface area contributed by atoms with Crippen molar-refractivity contribution in [2.45, 2.75) is 13.1 Å². The third-order valence-electron chi connectivity index (χ3n) is 3.23. The minimum Gasteiger partial charge on any atom is -0.508 e. The first-order chi connectivity index (χ1) is 9.99. The van der Waals surface area contributed by atoms with Crippen molar-refractivity contribution < 1.29 is 14.2 Å². The summed E-state index contributed by atoms with van der Waals surface area (Å²) in [6, 6.07) is 4.79. The highest BCUT2D eigenvalue weighted by Gasteiger charge is 2.18. The van der Waals surface area contributed by atoms with Gasteiger partial charge in [-0.15, -0.1) is 0 Å². The molecule has 1 aromatic rings. The molecule has 1 unspecified atom stereocenters. The van der Waals surface area contributed by atoms with E-state index in [2.05, 4.69) is 0 Å². The van der Waals surface area contributed by atoms with Gasteiger partial charge >= 0.3 is 0 Å². The highest BCUT2D eigenvalue weighted by Crippen LogP contribution is 2.25. The summed E-state index contributed by atoms with van der Waals surface area (Å²) >= 11 is 0. The lowest BCUT2D eigenvalue weighted by molar-refractivity contribution is 0.307. The van der Waals surface area contributed by atoms with Gasteiger partial charge in [-0.25, -0.2) is 10.2 Å². The van der Waals surface area contributed by atoms with Gasteiger partial charge < -0.3 is 14.9 Å². The average Bonchev–Trinajstić information content (AvgIpc) is 2.60. The van der Waals surface area contributed by atoms with E-state index in [0.717, 1.165) is 5.56 Å². The van der Waals surface area contributed by atoms with Crippen molar-refractivity contribution in [1.82, 2.24) is 5.01 Å². The van der Waals surface area contributed by atoms with Crippen molar-refractivity contribution in [2.24, 2.45) is 5.84 Å². The molecule has 5 heteroatoms. The standard InChI is InChI=1S/C16H19FN2O2/c1-11-9-12(20)7-8-16(11)21-10-13-14(17)5-3-4-6-15(13)19(2)18/h3-9,14,20H,10,18H2,1-2H3. The first-order valence-corrected chi connectivity index (χ1v) is 6.62. The molecule has 4 nitrogen and oxygen atoms in total. The number of rotatable bonds is 4. The second kappa shape index (κ2) is 6.45. The van der Waals surface area contributed by atoms with Crippen LogP contribution < -0.4 is 10.6 Å². The van der Waals surface area contributed by atoms with Gasteiger partial charge in [0.15, 0.2) is 0 Å². The predicted molar refractivity (Wildman–Crippen MR) is 80.5 cm³/mol. The molecule has 21 heavy (non-hydrogen) atoms. The summed E-state index contributed by atoms with van der Waals surface area (Å²) in [6.07, 6.45) is 5.34. The second-order valence-electron chi connectivity index (χ2n) is 4.91. The van der Waals surface area contributed by atoms with Crippen LogP contribution in [-0.4, -0.2) is 29.9 Å². The Morgan fingerprint density at radius 2 is 2.14 bits per heavy atom. The lowest BCUT2D eigenvalue weighted by atomic mass is 10.1. The number of hydrazine groups is 1. The molecular weight excluding hydrogens is 271 g/mol. The largest absolute Gasteiger partial charge is 0.508 e. The molecule has 112 valence electrons. The topological polar surface area (TPSA) is 58.7 Å². The van der Waals surface area contributed by atoms with Crippen molar-refractivity contribution in [2.75, 3.05) is 13.7 Å². The Kier molecular flexibility index (Phi) is 4.65. The van der Waals surface area contributed by atoms with Gasteiger partial charge in [0, 0.05) is 12.6 Å². The molecule has 2 rings (SSSR count). The number of phenolic OH excluding ortho intramolecular Hbond substituents is 1. The fraction of sp³-hybridized carbons (Fsp3) is 0.250. The van der Waals surface area contributed by atoms with E-state index in [0.29, 0.717) is 17.0 Å². The zero-order valence-corrected chi connectivity index (χ0v) is 12.1. The number of halogens is 1. The van der Waals surface area contributed by atoms with Crippen LogP contribution in [0, 0.1) is 6.92 Å². The van der Waals surface area contributed by atoms with E-state index in [1.165, 1.54) is 17.2 Å². The molecule has 1 aromatic carbocycles.